The highest BCUT2D eigenvalue weighted by Gasteiger charge is 2.23. The van der Waals surface area contributed by atoms with Crippen LogP contribution in [0.1, 0.15) is 29.0 Å². The molecule has 1 aliphatic carbocycles. The number of nitrogens with zero attached hydrogens (tertiary/aromatic N) is 3. The molecule has 0 atom stereocenters. The molecular weight excluding hydrogens is 347 g/mol. The molecule has 0 unspecified atom stereocenters. The first-order valence-corrected chi connectivity index (χ1v) is 8.61. The second kappa shape index (κ2) is 7.11. The van der Waals surface area contributed by atoms with E-state index >= 15 is 0 Å². The Morgan fingerprint density at radius 2 is 1.89 bits per heavy atom. The zero-order chi connectivity index (χ0) is 18.8. The van der Waals surface area contributed by atoms with Crippen molar-refractivity contribution in [3.05, 3.63) is 66.1 Å². The summed E-state index contributed by atoms with van der Waals surface area (Å²) in [7, 11) is 0. The van der Waals surface area contributed by atoms with Gasteiger partial charge in [-0.05, 0) is 43.5 Å². The van der Waals surface area contributed by atoms with Gasteiger partial charge in [0.1, 0.15) is 11.6 Å². The fourth-order valence-electron chi connectivity index (χ4n) is 2.50. The Labute approximate surface area is 155 Å². The van der Waals surface area contributed by atoms with Crippen LogP contribution < -0.4 is 10.1 Å². The summed E-state index contributed by atoms with van der Waals surface area (Å²) >= 11 is 0. The molecule has 1 fully saturated rings. The van der Waals surface area contributed by atoms with E-state index < -0.39 is 11.7 Å². The Morgan fingerprint density at radius 1 is 1.11 bits per heavy atom. The topological polar surface area (TPSA) is 77.0 Å². The Hall–Kier alpha value is -3.35. The number of rotatable bonds is 5. The van der Waals surface area contributed by atoms with Crippen LogP contribution in [0.4, 0.5) is 10.2 Å². The molecular formula is C20H17FN4O2. The molecule has 27 heavy (non-hydrogen) atoms. The van der Waals surface area contributed by atoms with E-state index in [0.29, 0.717) is 17.5 Å². The molecule has 1 amide bonds. The molecule has 2 heterocycles. The van der Waals surface area contributed by atoms with Crippen molar-refractivity contribution < 1.29 is 13.9 Å². The third kappa shape index (κ3) is 4.08. The van der Waals surface area contributed by atoms with Gasteiger partial charge in [0.25, 0.3) is 5.91 Å². The van der Waals surface area contributed by atoms with Gasteiger partial charge in [0.15, 0.2) is 11.6 Å². The predicted octanol–water partition coefficient (Wildman–Crippen LogP) is 3.78. The monoisotopic (exact) mass is 364 g/mol. The molecule has 7 heteroatoms. The zero-order valence-corrected chi connectivity index (χ0v) is 14.6. The zero-order valence-electron chi connectivity index (χ0n) is 14.6. The van der Waals surface area contributed by atoms with Crippen LogP contribution in [0, 0.1) is 12.7 Å². The largest absolute Gasteiger partial charge is 0.490 e. The Balaban J connectivity index is 1.52. The number of pyridine rings is 1. The van der Waals surface area contributed by atoms with Crippen LogP contribution in [0.5, 0.6) is 5.75 Å². The third-order valence-electron chi connectivity index (χ3n) is 4.11. The van der Waals surface area contributed by atoms with E-state index in [1.165, 1.54) is 24.7 Å². The van der Waals surface area contributed by atoms with E-state index in [1.807, 2.05) is 24.3 Å². The van der Waals surface area contributed by atoms with Crippen molar-refractivity contribution in [1.29, 1.82) is 0 Å². The summed E-state index contributed by atoms with van der Waals surface area (Å²) in [6.07, 6.45) is 6.71. The SMILES string of the molecule is Cc1ncc(C(=O)Nc2ncc(-c3cccc(OC4CC4)c3)cc2F)cn1. The highest BCUT2D eigenvalue weighted by atomic mass is 19.1. The van der Waals surface area contributed by atoms with Gasteiger partial charge in [-0.15, -0.1) is 0 Å². The maximum atomic E-state index is 14.5. The second-order valence-corrected chi connectivity index (χ2v) is 6.37. The molecule has 6 nitrogen and oxygen atoms in total. The average Bonchev–Trinajstić information content (AvgIpc) is 3.48. The van der Waals surface area contributed by atoms with Crippen molar-refractivity contribution in [2.24, 2.45) is 0 Å². The first kappa shape index (κ1) is 17.1. The van der Waals surface area contributed by atoms with Crippen LogP contribution >= 0.6 is 0 Å². The van der Waals surface area contributed by atoms with Gasteiger partial charge in [-0.3, -0.25) is 4.79 Å². The van der Waals surface area contributed by atoms with E-state index in [0.717, 1.165) is 24.2 Å². The molecule has 0 saturated heterocycles. The van der Waals surface area contributed by atoms with Crippen molar-refractivity contribution in [3.63, 3.8) is 0 Å². The molecule has 4 rings (SSSR count). The first-order valence-electron chi connectivity index (χ1n) is 8.61. The quantitative estimate of drug-likeness (QED) is 0.745. The molecule has 1 saturated carbocycles. The highest BCUT2D eigenvalue weighted by molar-refractivity contribution is 6.03. The van der Waals surface area contributed by atoms with Gasteiger partial charge in [-0.25, -0.2) is 19.3 Å². The van der Waals surface area contributed by atoms with Gasteiger partial charge in [-0.1, -0.05) is 12.1 Å². The van der Waals surface area contributed by atoms with Gasteiger partial charge in [-0.2, -0.15) is 0 Å². The maximum Gasteiger partial charge on any atom is 0.260 e. The summed E-state index contributed by atoms with van der Waals surface area (Å²) < 4.78 is 20.2. The van der Waals surface area contributed by atoms with Crippen LogP contribution in [-0.2, 0) is 0 Å². The van der Waals surface area contributed by atoms with Crippen molar-refractivity contribution in [3.8, 4) is 16.9 Å². The number of aryl methyl sites for hydroxylation is 1. The Kier molecular flexibility index (Phi) is 4.50. The van der Waals surface area contributed by atoms with E-state index in [2.05, 4.69) is 20.3 Å². The lowest BCUT2D eigenvalue weighted by Gasteiger charge is -2.09. The highest BCUT2D eigenvalue weighted by Crippen LogP contribution is 2.30. The smallest absolute Gasteiger partial charge is 0.260 e. The number of aromatic nitrogens is 3. The molecule has 0 aliphatic heterocycles. The minimum Gasteiger partial charge on any atom is -0.490 e. The summed E-state index contributed by atoms with van der Waals surface area (Å²) in [4.78, 5) is 24.1. The lowest BCUT2D eigenvalue weighted by atomic mass is 10.1. The standard InChI is InChI=1S/C20H17FN4O2/c1-12-22-10-15(11-23-12)20(26)25-19-18(21)8-14(9-24-19)13-3-2-4-17(7-13)27-16-5-6-16/h2-4,7-11,16H,5-6H2,1H3,(H,24,25,26). The van der Waals surface area contributed by atoms with E-state index in [4.69, 9.17) is 4.74 Å². The number of ether oxygens (including phenoxy) is 1. The lowest BCUT2D eigenvalue weighted by molar-refractivity contribution is 0.102. The van der Waals surface area contributed by atoms with Crippen molar-refractivity contribution in [2.45, 2.75) is 25.9 Å². The van der Waals surface area contributed by atoms with Crippen molar-refractivity contribution in [2.75, 3.05) is 5.32 Å². The molecule has 1 aliphatic rings. The van der Waals surface area contributed by atoms with Crippen LogP contribution in [0.25, 0.3) is 11.1 Å². The summed E-state index contributed by atoms with van der Waals surface area (Å²) in [6.45, 7) is 1.71. The summed E-state index contributed by atoms with van der Waals surface area (Å²) in [5, 5.41) is 2.44. The number of hydrogen-bond acceptors (Lipinski definition) is 5. The average molecular weight is 364 g/mol. The molecule has 0 bridgehead atoms. The van der Waals surface area contributed by atoms with E-state index in [1.54, 1.807) is 6.92 Å². The molecule has 0 radical (unpaired) electrons. The first-order chi connectivity index (χ1) is 13.1. The van der Waals surface area contributed by atoms with Gasteiger partial charge >= 0.3 is 0 Å². The fraction of sp³-hybridized carbons (Fsp3) is 0.200. The van der Waals surface area contributed by atoms with Gasteiger partial charge in [0, 0.05) is 24.2 Å². The number of anilines is 1. The molecule has 136 valence electrons. The minimum atomic E-state index is -0.623. The molecule has 1 aromatic carbocycles. The number of carbonyl (C=O) groups is 1. The van der Waals surface area contributed by atoms with Crippen molar-refractivity contribution >= 4 is 11.7 Å². The normalized spacial score (nSPS) is 13.3. The van der Waals surface area contributed by atoms with E-state index in [-0.39, 0.29) is 11.4 Å². The van der Waals surface area contributed by atoms with Crippen LogP contribution in [0.3, 0.4) is 0 Å². The maximum absolute atomic E-state index is 14.5. The Bertz CT molecular complexity index is 988. The number of hydrogen-bond donors (Lipinski definition) is 1. The minimum absolute atomic E-state index is 0.144. The van der Waals surface area contributed by atoms with Crippen molar-refractivity contribution in [1.82, 2.24) is 15.0 Å². The number of benzene rings is 1. The molecule has 2 aromatic heterocycles. The lowest BCUT2D eigenvalue weighted by Crippen LogP contribution is -2.15. The number of amides is 1. The number of carbonyl (C=O) groups excluding carboxylic acids is 1. The van der Waals surface area contributed by atoms with Crippen LogP contribution in [-0.4, -0.2) is 27.0 Å². The van der Waals surface area contributed by atoms with Gasteiger partial charge in [0.2, 0.25) is 0 Å². The molecule has 1 N–H and O–H groups in total. The van der Waals surface area contributed by atoms with E-state index in [9.17, 15) is 9.18 Å². The number of nitrogens with one attached hydrogen (secondary N) is 1. The van der Waals surface area contributed by atoms with Gasteiger partial charge < -0.3 is 10.1 Å². The summed E-state index contributed by atoms with van der Waals surface area (Å²) in [6, 6.07) is 8.79. The summed E-state index contributed by atoms with van der Waals surface area (Å²) in [5.41, 5.74) is 1.63. The molecule has 0 spiro atoms. The second-order valence-electron chi connectivity index (χ2n) is 6.37. The number of halogens is 1. The predicted molar refractivity (Wildman–Crippen MR) is 98.0 cm³/mol. The Morgan fingerprint density at radius 3 is 2.59 bits per heavy atom. The summed E-state index contributed by atoms with van der Waals surface area (Å²) in [5.74, 6) is 0.0198. The molecule has 3 aromatic rings. The van der Waals surface area contributed by atoms with Gasteiger partial charge in [0.05, 0.1) is 11.7 Å². The van der Waals surface area contributed by atoms with Crippen LogP contribution in [0.2, 0.25) is 0 Å². The third-order valence-corrected chi connectivity index (χ3v) is 4.11. The fourth-order valence-corrected chi connectivity index (χ4v) is 2.50. The van der Waals surface area contributed by atoms with Crippen LogP contribution in [0.15, 0.2) is 48.9 Å².